The molecular weight excluding hydrogens is 410 g/mol. The Balaban J connectivity index is 1.46. The largest absolute Gasteiger partial charge is 0.495 e. The number of thiazole rings is 1. The molecule has 0 bridgehead atoms. The summed E-state index contributed by atoms with van der Waals surface area (Å²) in [6.45, 7) is 2.79. The Morgan fingerprint density at radius 1 is 1.07 bits per heavy atom. The number of carbonyl (C=O) groups excluding carboxylic acids is 1. The van der Waals surface area contributed by atoms with Gasteiger partial charge in [0.1, 0.15) is 21.7 Å². The van der Waals surface area contributed by atoms with Crippen molar-refractivity contribution in [1.82, 2.24) is 9.88 Å². The highest BCUT2D eigenvalue weighted by Crippen LogP contribution is 2.40. The number of anilines is 1. The summed E-state index contributed by atoms with van der Waals surface area (Å²) in [5.74, 6) is 1.63. The first kappa shape index (κ1) is 19.8. The maximum Gasteiger partial charge on any atom is 0.227 e. The van der Waals surface area contributed by atoms with Gasteiger partial charge in [-0.25, -0.2) is 4.98 Å². The normalized spacial score (nSPS) is 14.3. The van der Waals surface area contributed by atoms with E-state index >= 15 is 0 Å². The Hall–Kier alpha value is -2.51. The third-order valence-corrected chi connectivity index (χ3v) is 6.60. The fourth-order valence-corrected chi connectivity index (χ4v) is 4.80. The zero-order valence-corrected chi connectivity index (χ0v) is 17.9. The van der Waals surface area contributed by atoms with Crippen molar-refractivity contribution < 1.29 is 14.3 Å². The minimum atomic E-state index is 0.102. The summed E-state index contributed by atoms with van der Waals surface area (Å²) in [6.07, 6.45) is 0.329. The van der Waals surface area contributed by atoms with Gasteiger partial charge in [-0.2, -0.15) is 0 Å². The molecule has 8 heteroatoms. The highest BCUT2D eigenvalue weighted by atomic mass is 35.5. The second-order valence-corrected chi connectivity index (χ2v) is 8.16. The van der Waals surface area contributed by atoms with Crippen LogP contribution in [0.3, 0.4) is 0 Å². The first-order chi connectivity index (χ1) is 14.1. The number of ether oxygens (including phenoxy) is 2. The molecule has 0 spiro atoms. The molecule has 4 rings (SSSR count). The molecule has 1 amide bonds. The molecule has 2 heterocycles. The molecular formula is C21H22ClN3O3S. The quantitative estimate of drug-likeness (QED) is 0.614. The summed E-state index contributed by atoms with van der Waals surface area (Å²) < 4.78 is 11.9. The third-order valence-electron chi connectivity index (χ3n) is 5.10. The monoisotopic (exact) mass is 431 g/mol. The molecule has 0 atom stereocenters. The maximum absolute atomic E-state index is 12.7. The van der Waals surface area contributed by atoms with E-state index in [1.807, 2.05) is 41.3 Å². The average molecular weight is 432 g/mol. The standard InChI is InChI=1S/C21H22ClN3O3S/c1-27-16-7-8-17(28-2)20-19(16)23-21(29-20)25-11-9-24(10-12-25)18(26)13-14-5-3-4-6-15(14)22/h3-8H,9-13H2,1-2H3. The summed E-state index contributed by atoms with van der Waals surface area (Å²) in [5, 5.41) is 1.55. The van der Waals surface area contributed by atoms with Crippen LogP contribution >= 0.6 is 22.9 Å². The second-order valence-electron chi connectivity index (χ2n) is 6.78. The van der Waals surface area contributed by atoms with E-state index < -0.39 is 0 Å². The van der Waals surface area contributed by atoms with Gasteiger partial charge in [-0.15, -0.1) is 0 Å². The van der Waals surface area contributed by atoms with Gasteiger partial charge in [-0.05, 0) is 23.8 Å². The molecule has 152 valence electrons. The van der Waals surface area contributed by atoms with Crippen molar-refractivity contribution in [3.8, 4) is 11.5 Å². The molecule has 1 aliphatic heterocycles. The topological polar surface area (TPSA) is 54.9 Å². The van der Waals surface area contributed by atoms with Gasteiger partial charge in [-0.3, -0.25) is 4.79 Å². The van der Waals surface area contributed by atoms with Crippen molar-refractivity contribution >= 4 is 44.2 Å². The molecule has 0 aliphatic carbocycles. The van der Waals surface area contributed by atoms with Crippen molar-refractivity contribution in [3.05, 3.63) is 47.0 Å². The van der Waals surface area contributed by atoms with E-state index in [-0.39, 0.29) is 5.91 Å². The van der Waals surface area contributed by atoms with Gasteiger partial charge < -0.3 is 19.3 Å². The maximum atomic E-state index is 12.7. The van der Waals surface area contributed by atoms with Crippen LogP contribution in [-0.4, -0.2) is 56.2 Å². The van der Waals surface area contributed by atoms with Gasteiger partial charge in [0.2, 0.25) is 5.91 Å². The van der Waals surface area contributed by atoms with Crippen LogP contribution < -0.4 is 14.4 Å². The van der Waals surface area contributed by atoms with E-state index in [4.69, 9.17) is 26.1 Å². The van der Waals surface area contributed by atoms with Crippen molar-refractivity contribution in [2.24, 2.45) is 0 Å². The molecule has 1 aromatic heterocycles. The lowest BCUT2D eigenvalue weighted by atomic mass is 10.1. The smallest absolute Gasteiger partial charge is 0.227 e. The molecule has 6 nitrogen and oxygen atoms in total. The van der Waals surface area contributed by atoms with Crippen molar-refractivity contribution in [3.63, 3.8) is 0 Å². The van der Waals surface area contributed by atoms with Crippen LogP contribution in [0, 0.1) is 0 Å². The molecule has 0 unspecified atom stereocenters. The molecule has 3 aromatic rings. The van der Waals surface area contributed by atoms with Crippen LogP contribution in [0.1, 0.15) is 5.56 Å². The van der Waals surface area contributed by atoms with Crippen LogP contribution in [0.15, 0.2) is 36.4 Å². The summed E-state index contributed by atoms with van der Waals surface area (Å²) in [7, 11) is 3.30. The highest BCUT2D eigenvalue weighted by molar-refractivity contribution is 7.22. The van der Waals surface area contributed by atoms with Crippen LogP contribution in [0.2, 0.25) is 5.02 Å². The zero-order chi connectivity index (χ0) is 20.4. The van der Waals surface area contributed by atoms with Gasteiger partial charge in [0.25, 0.3) is 0 Å². The number of amides is 1. The summed E-state index contributed by atoms with van der Waals surface area (Å²) in [6, 6.07) is 11.3. The SMILES string of the molecule is COc1ccc(OC)c2sc(N3CCN(C(=O)Cc4ccccc4Cl)CC3)nc12. The number of hydrogen-bond acceptors (Lipinski definition) is 6. The highest BCUT2D eigenvalue weighted by Gasteiger charge is 2.24. The Morgan fingerprint density at radius 2 is 1.76 bits per heavy atom. The van der Waals surface area contributed by atoms with Gasteiger partial charge in [0.05, 0.1) is 20.6 Å². The van der Waals surface area contributed by atoms with Gasteiger partial charge in [0.15, 0.2) is 5.13 Å². The van der Waals surface area contributed by atoms with Crippen LogP contribution in [0.4, 0.5) is 5.13 Å². The number of halogens is 1. The molecule has 1 fully saturated rings. The number of fused-ring (bicyclic) bond motifs is 1. The second kappa shape index (κ2) is 8.47. The van der Waals surface area contributed by atoms with E-state index in [2.05, 4.69) is 4.90 Å². The minimum Gasteiger partial charge on any atom is -0.495 e. The lowest BCUT2D eigenvalue weighted by Gasteiger charge is -2.34. The lowest BCUT2D eigenvalue weighted by Crippen LogP contribution is -2.49. The lowest BCUT2D eigenvalue weighted by molar-refractivity contribution is -0.130. The van der Waals surface area contributed by atoms with E-state index in [0.29, 0.717) is 24.5 Å². The number of carbonyl (C=O) groups is 1. The molecule has 1 aliphatic rings. The van der Waals surface area contributed by atoms with E-state index in [9.17, 15) is 4.79 Å². The van der Waals surface area contributed by atoms with Gasteiger partial charge in [-0.1, -0.05) is 41.1 Å². The average Bonchev–Trinajstić information content (AvgIpc) is 3.20. The molecule has 0 radical (unpaired) electrons. The Morgan fingerprint density at radius 3 is 2.45 bits per heavy atom. The van der Waals surface area contributed by atoms with Crippen molar-refractivity contribution in [2.45, 2.75) is 6.42 Å². The van der Waals surface area contributed by atoms with Crippen molar-refractivity contribution in [2.75, 3.05) is 45.3 Å². The van der Waals surface area contributed by atoms with Crippen LogP contribution in [0.25, 0.3) is 10.2 Å². The summed E-state index contributed by atoms with van der Waals surface area (Å²) >= 11 is 7.78. The zero-order valence-electron chi connectivity index (χ0n) is 16.4. The first-order valence-electron chi connectivity index (χ1n) is 9.38. The van der Waals surface area contributed by atoms with Crippen molar-refractivity contribution in [1.29, 1.82) is 0 Å². The van der Waals surface area contributed by atoms with Crippen LogP contribution in [-0.2, 0) is 11.2 Å². The fraction of sp³-hybridized carbons (Fsp3) is 0.333. The number of nitrogens with zero attached hydrogens (tertiary/aromatic N) is 3. The number of benzene rings is 2. The minimum absolute atomic E-state index is 0.102. The molecule has 2 aromatic carbocycles. The van der Waals surface area contributed by atoms with E-state index in [0.717, 1.165) is 45.5 Å². The number of methoxy groups -OCH3 is 2. The molecule has 1 saturated heterocycles. The fourth-order valence-electron chi connectivity index (χ4n) is 3.47. The Labute approximate surface area is 178 Å². The van der Waals surface area contributed by atoms with Crippen LogP contribution in [0.5, 0.6) is 11.5 Å². The number of hydrogen-bond donors (Lipinski definition) is 0. The van der Waals surface area contributed by atoms with Gasteiger partial charge in [0, 0.05) is 31.2 Å². The third kappa shape index (κ3) is 3.97. The summed E-state index contributed by atoms with van der Waals surface area (Å²) in [5.41, 5.74) is 1.68. The molecule has 0 saturated carbocycles. The number of piperazine rings is 1. The van der Waals surface area contributed by atoms with E-state index in [1.165, 1.54) is 0 Å². The summed E-state index contributed by atoms with van der Waals surface area (Å²) in [4.78, 5) is 21.6. The first-order valence-corrected chi connectivity index (χ1v) is 10.6. The Bertz CT molecular complexity index is 990. The molecule has 29 heavy (non-hydrogen) atoms. The predicted octanol–water partition coefficient (Wildman–Crippen LogP) is 3.86. The number of rotatable bonds is 5. The molecule has 0 N–H and O–H groups in total. The Kier molecular flexibility index (Phi) is 5.78. The van der Waals surface area contributed by atoms with Gasteiger partial charge >= 0.3 is 0 Å². The number of aromatic nitrogens is 1. The van der Waals surface area contributed by atoms with E-state index in [1.54, 1.807) is 25.6 Å². The predicted molar refractivity (Wildman–Crippen MR) is 117 cm³/mol.